The first kappa shape index (κ1) is 15.9. The molecule has 0 unspecified atom stereocenters. The molecule has 0 aliphatic rings. The van der Waals surface area contributed by atoms with Crippen molar-refractivity contribution < 1.29 is 17.6 Å². The number of carbonyl (C=O) groups excluding carboxylic acids is 1. The van der Waals surface area contributed by atoms with E-state index < -0.39 is 21.7 Å². The highest BCUT2D eigenvalue weighted by Crippen LogP contribution is 2.32. The fourth-order valence-electron chi connectivity index (χ4n) is 1.52. The van der Waals surface area contributed by atoms with E-state index >= 15 is 0 Å². The van der Waals surface area contributed by atoms with Crippen LogP contribution in [0.15, 0.2) is 32.3 Å². The van der Waals surface area contributed by atoms with Crippen LogP contribution in [-0.4, -0.2) is 14.3 Å². The summed E-state index contributed by atoms with van der Waals surface area (Å²) in [5, 5.41) is 0. The van der Waals surface area contributed by atoms with E-state index in [1.165, 1.54) is 12.1 Å². The molecule has 0 aliphatic heterocycles. The summed E-state index contributed by atoms with van der Waals surface area (Å²) in [7, 11) is -3.93. The van der Waals surface area contributed by atoms with E-state index in [-0.39, 0.29) is 15.5 Å². The number of rotatable bonds is 4. The molecule has 0 atom stereocenters. The van der Waals surface area contributed by atoms with Crippen molar-refractivity contribution in [3.05, 3.63) is 45.0 Å². The first-order valence-electron chi connectivity index (χ1n) is 5.59. The molecule has 0 saturated carbocycles. The topological polar surface area (TPSA) is 89.3 Å². The Morgan fingerprint density at radius 2 is 2.05 bits per heavy atom. The highest BCUT2D eigenvalue weighted by atomic mass is 79.9. The number of benzene rings is 1. The van der Waals surface area contributed by atoms with Gasteiger partial charge in [-0.3, -0.25) is 9.52 Å². The number of carbonyl (C=O) groups is 1. The number of anilines is 1. The summed E-state index contributed by atoms with van der Waals surface area (Å²) in [6.07, 6.45) is 0. The highest BCUT2D eigenvalue weighted by Gasteiger charge is 2.20. The lowest BCUT2D eigenvalue weighted by atomic mass is 10.2. The standard InChI is InChI=1S/C12H10BrFN2O3S2/c1-6-4-10(20-11(6)13)21(18,19)16-9-5-7(12(15)17)2-3-8(9)14/h2-5,16H,1H3,(H2,15,17). The minimum atomic E-state index is -3.93. The van der Waals surface area contributed by atoms with Gasteiger partial charge in [-0.2, -0.15) is 0 Å². The van der Waals surface area contributed by atoms with Gasteiger partial charge < -0.3 is 5.73 Å². The van der Waals surface area contributed by atoms with Crippen LogP contribution in [0.5, 0.6) is 0 Å². The van der Waals surface area contributed by atoms with Crippen LogP contribution in [0.3, 0.4) is 0 Å². The Bertz CT molecular complexity index is 798. The van der Waals surface area contributed by atoms with Crippen molar-refractivity contribution in [1.29, 1.82) is 0 Å². The van der Waals surface area contributed by atoms with Gasteiger partial charge in [-0.15, -0.1) is 11.3 Å². The molecule has 1 aromatic heterocycles. The molecule has 0 aliphatic carbocycles. The number of hydrogen-bond donors (Lipinski definition) is 2. The number of nitrogens with two attached hydrogens (primary N) is 1. The van der Waals surface area contributed by atoms with Gasteiger partial charge in [-0.25, -0.2) is 12.8 Å². The zero-order valence-corrected chi connectivity index (χ0v) is 13.9. The Morgan fingerprint density at radius 1 is 1.38 bits per heavy atom. The summed E-state index contributed by atoms with van der Waals surface area (Å²) in [6, 6.07) is 4.69. The first-order chi connectivity index (χ1) is 9.70. The summed E-state index contributed by atoms with van der Waals surface area (Å²) in [4.78, 5) is 11.1. The lowest BCUT2D eigenvalue weighted by molar-refractivity contribution is 0.100. The van der Waals surface area contributed by atoms with Crippen molar-refractivity contribution in [1.82, 2.24) is 0 Å². The third-order valence-corrected chi connectivity index (χ3v) is 6.57. The number of halogens is 2. The van der Waals surface area contributed by atoms with Crippen molar-refractivity contribution >= 4 is 48.9 Å². The van der Waals surface area contributed by atoms with Crippen LogP contribution in [-0.2, 0) is 10.0 Å². The Labute approximate surface area is 133 Å². The molecule has 1 aromatic carbocycles. The van der Waals surface area contributed by atoms with E-state index in [0.29, 0.717) is 3.79 Å². The Hall–Kier alpha value is -1.45. The van der Waals surface area contributed by atoms with Crippen molar-refractivity contribution in [2.24, 2.45) is 5.73 Å². The van der Waals surface area contributed by atoms with Crippen molar-refractivity contribution in [2.45, 2.75) is 11.1 Å². The largest absolute Gasteiger partial charge is 0.366 e. The van der Waals surface area contributed by atoms with Gasteiger partial charge in [0, 0.05) is 5.56 Å². The number of aryl methyl sites for hydroxylation is 1. The van der Waals surface area contributed by atoms with Crippen LogP contribution in [0, 0.1) is 12.7 Å². The molecule has 21 heavy (non-hydrogen) atoms. The highest BCUT2D eigenvalue weighted by molar-refractivity contribution is 9.11. The molecule has 1 amide bonds. The molecule has 0 fully saturated rings. The average Bonchev–Trinajstić information content (AvgIpc) is 2.73. The van der Waals surface area contributed by atoms with Gasteiger partial charge in [0.1, 0.15) is 10.0 Å². The number of nitrogens with one attached hydrogen (secondary N) is 1. The molecule has 9 heteroatoms. The smallest absolute Gasteiger partial charge is 0.271 e. The van der Waals surface area contributed by atoms with Gasteiger partial charge in [0.25, 0.3) is 10.0 Å². The zero-order valence-electron chi connectivity index (χ0n) is 10.7. The van der Waals surface area contributed by atoms with Crippen molar-refractivity contribution in [3.63, 3.8) is 0 Å². The fraction of sp³-hybridized carbons (Fsp3) is 0.0833. The van der Waals surface area contributed by atoms with Crippen LogP contribution in [0.4, 0.5) is 10.1 Å². The Kier molecular flexibility index (Phi) is 4.35. The maximum Gasteiger partial charge on any atom is 0.271 e. The number of sulfonamides is 1. The number of thiophene rings is 1. The lowest BCUT2D eigenvalue weighted by Crippen LogP contribution is -2.15. The van der Waals surface area contributed by atoms with E-state index in [0.717, 1.165) is 29.0 Å². The summed E-state index contributed by atoms with van der Waals surface area (Å²) in [6.45, 7) is 1.74. The molecule has 0 spiro atoms. The average molecular weight is 393 g/mol. The molecule has 1 heterocycles. The Morgan fingerprint density at radius 3 is 2.57 bits per heavy atom. The minimum absolute atomic E-state index is 0.0117. The van der Waals surface area contributed by atoms with E-state index in [1.54, 1.807) is 6.92 Å². The summed E-state index contributed by atoms with van der Waals surface area (Å²) < 4.78 is 40.9. The second-order valence-electron chi connectivity index (χ2n) is 4.19. The van der Waals surface area contributed by atoms with Crippen LogP contribution in [0.1, 0.15) is 15.9 Å². The predicted octanol–water partition coefficient (Wildman–Crippen LogP) is 2.86. The zero-order chi connectivity index (χ0) is 15.8. The molecule has 2 aromatic rings. The van der Waals surface area contributed by atoms with E-state index in [4.69, 9.17) is 5.73 Å². The molecule has 112 valence electrons. The molecule has 0 bridgehead atoms. The second kappa shape index (κ2) is 5.74. The van der Waals surface area contributed by atoms with Gasteiger partial charge in [0.15, 0.2) is 0 Å². The van der Waals surface area contributed by atoms with Crippen molar-refractivity contribution in [2.75, 3.05) is 4.72 Å². The third-order valence-electron chi connectivity index (χ3n) is 2.59. The summed E-state index contributed by atoms with van der Waals surface area (Å²) in [5.41, 5.74) is 5.53. The maximum absolute atomic E-state index is 13.7. The van der Waals surface area contributed by atoms with Crippen LogP contribution < -0.4 is 10.5 Å². The second-order valence-corrected chi connectivity index (χ2v) is 8.47. The van der Waals surface area contributed by atoms with Gasteiger partial charge in [-0.1, -0.05) is 0 Å². The number of primary amides is 1. The molecular formula is C12H10BrFN2O3S2. The molecule has 5 nitrogen and oxygen atoms in total. The molecular weight excluding hydrogens is 383 g/mol. The lowest BCUT2D eigenvalue weighted by Gasteiger charge is -2.08. The molecule has 2 rings (SSSR count). The quantitative estimate of drug-likeness (QED) is 0.837. The molecule has 0 saturated heterocycles. The predicted molar refractivity (Wildman–Crippen MR) is 82.5 cm³/mol. The normalized spacial score (nSPS) is 11.4. The third kappa shape index (κ3) is 3.42. The fourth-order valence-corrected chi connectivity index (χ4v) is 4.80. The van der Waals surface area contributed by atoms with Crippen molar-refractivity contribution in [3.8, 4) is 0 Å². The van der Waals surface area contributed by atoms with Crippen LogP contribution in [0.2, 0.25) is 0 Å². The molecule has 0 radical (unpaired) electrons. The number of hydrogen-bond acceptors (Lipinski definition) is 4. The van der Waals surface area contributed by atoms with Gasteiger partial charge in [0.2, 0.25) is 5.91 Å². The van der Waals surface area contributed by atoms with Gasteiger partial charge in [-0.05, 0) is 52.7 Å². The number of amides is 1. The van der Waals surface area contributed by atoms with Crippen LogP contribution >= 0.6 is 27.3 Å². The summed E-state index contributed by atoms with van der Waals surface area (Å²) >= 11 is 4.24. The molecule has 3 N–H and O–H groups in total. The van der Waals surface area contributed by atoms with E-state index in [9.17, 15) is 17.6 Å². The monoisotopic (exact) mass is 392 g/mol. The first-order valence-corrected chi connectivity index (χ1v) is 8.68. The van der Waals surface area contributed by atoms with Crippen LogP contribution in [0.25, 0.3) is 0 Å². The van der Waals surface area contributed by atoms with E-state index in [2.05, 4.69) is 20.7 Å². The van der Waals surface area contributed by atoms with Gasteiger partial charge >= 0.3 is 0 Å². The van der Waals surface area contributed by atoms with Gasteiger partial charge in [0.05, 0.1) is 9.47 Å². The minimum Gasteiger partial charge on any atom is -0.366 e. The van der Waals surface area contributed by atoms with E-state index in [1.807, 2.05) is 0 Å². The SMILES string of the molecule is Cc1cc(S(=O)(=O)Nc2cc(C(N)=O)ccc2F)sc1Br. The Balaban J connectivity index is 2.41. The summed E-state index contributed by atoms with van der Waals surface area (Å²) in [5.74, 6) is -1.57. The maximum atomic E-state index is 13.7.